The van der Waals surface area contributed by atoms with E-state index < -0.39 is 54.1 Å². The van der Waals surface area contributed by atoms with Crippen molar-refractivity contribution >= 4 is 34.2 Å². The molecule has 0 aliphatic carbocycles. The summed E-state index contributed by atoms with van der Waals surface area (Å²) in [4.78, 5) is 45.3. The Bertz CT molecular complexity index is 1570. The number of benzene rings is 3. The normalized spacial score (nSPS) is 30.0. The van der Waals surface area contributed by atoms with E-state index in [9.17, 15) is 19.5 Å². The van der Waals surface area contributed by atoms with Gasteiger partial charge in [-0.1, -0.05) is 78.9 Å². The Hall–Kier alpha value is -4.27. The van der Waals surface area contributed by atoms with E-state index in [0.29, 0.717) is 11.3 Å². The van der Waals surface area contributed by atoms with Crippen molar-refractivity contribution in [2.24, 2.45) is 11.8 Å². The molecule has 7 rings (SSSR count). The number of amides is 2. The fourth-order valence-electron chi connectivity index (χ4n) is 6.85. The first-order valence-corrected chi connectivity index (χ1v) is 13.5. The number of fused-ring (bicyclic) bond motifs is 3. The van der Waals surface area contributed by atoms with E-state index in [1.165, 1.54) is 4.90 Å². The Morgan fingerprint density at radius 2 is 1.70 bits per heavy atom. The number of anilines is 1. The van der Waals surface area contributed by atoms with Gasteiger partial charge in [-0.05, 0) is 34.5 Å². The van der Waals surface area contributed by atoms with Gasteiger partial charge in [-0.2, -0.15) is 0 Å². The van der Waals surface area contributed by atoms with E-state index in [0.717, 1.165) is 10.8 Å². The van der Waals surface area contributed by atoms with Gasteiger partial charge in [0.2, 0.25) is 5.91 Å². The Morgan fingerprint density at radius 1 is 0.925 bits per heavy atom. The molecule has 1 spiro atoms. The van der Waals surface area contributed by atoms with Gasteiger partial charge >= 0.3 is 5.97 Å². The lowest BCUT2D eigenvalue weighted by molar-refractivity contribution is -0.153. The van der Waals surface area contributed by atoms with Crippen LogP contribution in [0, 0.1) is 11.8 Å². The molecular weight excluding hydrogens is 508 g/mol. The van der Waals surface area contributed by atoms with Gasteiger partial charge in [0.05, 0.1) is 24.7 Å². The second-order valence-electron chi connectivity index (χ2n) is 10.6. The van der Waals surface area contributed by atoms with E-state index in [1.54, 1.807) is 23.1 Å². The minimum atomic E-state index is -1.40. The Morgan fingerprint density at radius 3 is 2.50 bits per heavy atom. The molecule has 3 aromatic carbocycles. The third-order valence-electron chi connectivity index (χ3n) is 8.59. The summed E-state index contributed by atoms with van der Waals surface area (Å²) in [5, 5.41) is 12.6. The van der Waals surface area contributed by atoms with Crippen molar-refractivity contribution in [2.75, 3.05) is 24.7 Å². The van der Waals surface area contributed by atoms with E-state index in [2.05, 4.69) is 0 Å². The zero-order chi connectivity index (χ0) is 27.4. The molecule has 0 radical (unpaired) electrons. The number of nitrogens with zero attached hydrogens (tertiary/aromatic N) is 2. The molecule has 4 heterocycles. The standard InChI is InChI=1S/C32H28N2O6/c35-19-24(21-9-2-1-3-10-21)34-28-30(37)33(23-14-13-20-8-4-5-11-22(20)18-23)16-7-15-32(28)27(29(34)36)26-25(40-32)12-6-17-39-31(26)38/h1-15,18,24-28,35H,16-17,19H2/t24-,25-,26+,27+,28?,32+/m1/s1. The molecule has 1 unspecified atom stereocenters. The summed E-state index contributed by atoms with van der Waals surface area (Å²) in [5.41, 5.74) is -0.0301. The molecule has 2 amide bonds. The predicted molar refractivity (Wildman–Crippen MR) is 147 cm³/mol. The van der Waals surface area contributed by atoms with Gasteiger partial charge in [0, 0.05) is 12.2 Å². The molecule has 2 saturated heterocycles. The highest BCUT2D eigenvalue weighted by molar-refractivity contribution is 6.06. The maximum atomic E-state index is 14.7. The molecule has 8 heteroatoms. The third-order valence-corrected chi connectivity index (χ3v) is 8.59. The van der Waals surface area contributed by atoms with Crippen LogP contribution in [-0.2, 0) is 23.9 Å². The molecule has 8 nitrogen and oxygen atoms in total. The summed E-state index contributed by atoms with van der Waals surface area (Å²) in [5.74, 6) is -3.15. The summed E-state index contributed by atoms with van der Waals surface area (Å²) in [6.45, 7) is -0.0389. The van der Waals surface area contributed by atoms with Gasteiger partial charge in [0.1, 0.15) is 24.2 Å². The van der Waals surface area contributed by atoms with Crippen molar-refractivity contribution in [2.45, 2.75) is 23.8 Å². The van der Waals surface area contributed by atoms with Crippen LogP contribution in [-0.4, -0.2) is 65.3 Å². The molecule has 0 bridgehead atoms. The topological polar surface area (TPSA) is 96.4 Å². The molecule has 40 heavy (non-hydrogen) atoms. The first kappa shape index (κ1) is 24.7. The van der Waals surface area contributed by atoms with Gasteiger partial charge in [-0.25, -0.2) is 0 Å². The second-order valence-corrected chi connectivity index (χ2v) is 10.6. The molecule has 1 N–H and O–H groups in total. The number of aliphatic hydroxyl groups excluding tert-OH is 1. The zero-order valence-corrected chi connectivity index (χ0v) is 21.6. The molecular formula is C32H28N2O6. The summed E-state index contributed by atoms with van der Waals surface area (Å²) < 4.78 is 12.0. The first-order chi connectivity index (χ1) is 19.5. The summed E-state index contributed by atoms with van der Waals surface area (Å²) in [6, 6.07) is 20.9. The van der Waals surface area contributed by atoms with Crippen molar-refractivity contribution in [1.82, 2.24) is 4.90 Å². The number of hydrogen-bond acceptors (Lipinski definition) is 6. The van der Waals surface area contributed by atoms with Gasteiger partial charge in [-0.15, -0.1) is 0 Å². The largest absolute Gasteiger partial charge is 0.461 e. The van der Waals surface area contributed by atoms with Crippen LogP contribution < -0.4 is 4.90 Å². The van der Waals surface area contributed by atoms with Crippen LogP contribution >= 0.6 is 0 Å². The first-order valence-electron chi connectivity index (χ1n) is 13.5. The average molecular weight is 537 g/mol. The van der Waals surface area contributed by atoms with Crippen LogP contribution in [0.15, 0.2) is 97.1 Å². The molecule has 4 aliphatic rings. The quantitative estimate of drug-likeness (QED) is 0.407. The molecule has 6 atom stereocenters. The highest BCUT2D eigenvalue weighted by Crippen LogP contribution is 2.55. The molecule has 0 saturated carbocycles. The molecule has 0 aromatic heterocycles. The number of aliphatic hydroxyl groups is 1. The zero-order valence-electron chi connectivity index (χ0n) is 21.6. The molecule has 4 aliphatic heterocycles. The Balaban J connectivity index is 1.39. The fourth-order valence-corrected chi connectivity index (χ4v) is 6.85. The Kier molecular flexibility index (Phi) is 5.83. The number of carbonyl (C=O) groups excluding carboxylic acids is 3. The van der Waals surface area contributed by atoms with E-state index in [1.807, 2.05) is 78.9 Å². The smallest absolute Gasteiger partial charge is 0.313 e. The van der Waals surface area contributed by atoms with Gasteiger partial charge in [0.15, 0.2) is 0 Å². The predicted octanol–water partition coefficient (Wildman–Crippen LogP) is 3.17. The highest BCUT2D eigenvalue weighted by Gasteiger charge is 2.72. The van der Waals surface area contributed by atoms with Crippen LogP contribution in [0.3, 0.4) is 0 Å². The number of esters is 1. The van der Waals surface area contributed by atoms with Crippen LogP contribution in [0.25, 0.3) is 10.8 Å². The van der Waals surface area contributed by atoms with Crippen LogP contribution in [0.5, 0.6) is 0 Å². The fraction of sp³-hybridized carbons (Fsp3) is 0.281. The van der Waals surface area contributed by atoms with Crippen LogP contribution in [0.1, 0.15) is 11.6 Å². The monoisotopic (exact) mass is 536 g/mol. The number of rotatable bonds is 4. The lowest BCUT2D eigenvalue weighted by atomic mass is 9.78. The number of likely N-dealkylation sites (tertiary alicyclic amines) is 1. The van der Waals surface area contributed by atoms with Crippen LogP contribution in [0.2, 0.25) is 0 Å². The van der Waals surface area contributed by atoms with Crippen LogP contribution in [0.4, 0.5) is 5.69 Å². The van der Waals surface area contributed by atoms with Crippen molar-refractivity contribution in [3.05, 3.63) is 103 Å². The summed E-state index contributed by atoms with van der Waals surface area (Å²) in [6.07, 6.45) is 6.38. The number of cyclic esters (lactones) is 1. The average Bonchev–Trinajstić information content (AvgIpc) is 3.28. The Labute approximate surface area is 231 Å². The number of carbonyl (C=O) groups is 3. The van der Waals surface area contributed by atoms with Gasteiger partial charge < -0.3 is 24.4 Å². The maximum Gasteiger partial charge on any atom is 0.313 e. The van der Waals surface area contributed by atoms with E-state index >= 15 is 0 Å². The summed E-state index contributed by atoms with van der Waals surface area (Å²) in [7, 11) is 0. The summed E-state index contributed by atoms with van der Waals surface area (Å²) >= 11 is 0. The highest BCUT2D eigenvalue weighted by atomic mass is 16.6. The third kappa shape index (κ3) is 3.56. The van der Waals surface area contributed by atoms with Gasteiger partial charge in [-0.3, -0.25) is 14.4 Å². The second kappa shape index (κ2) is 9.43. The van der Waals surface area contributed by atoms with E-state index in [-0.39, 0.29) is 19.1 Å². The van der Waals surface area contributed by atoms with Crippen molar-refractivity contribution in [3.63, 3.8) is 0 Å². The molecule has 202 valence electrons. The number of ether oxygens (including phenoxy) is 2. The molecule has 2 fully saturated rings. The lowest BCUT2D eigenvalue weighted by Gasteiger charge is -2.38. The van der Waals surface area contributed by atoms with Crippen molar-refractivity contribution in [1.29, 1.82) is 0 Å². The van der Waals surface area contributed by atoms with Gasteiger partial charge in [0.25, 0.3) is 5.91 Å². The SMILES string of the molecule is O=C1OCC=C[C@H]2O[C@]34C=CCN(c5ccc6ccccc6c5)C(=O)C3N([C@H](CO)c3ccccc3)C(=O)[C@@H]4[C@@H]12. The maximum absolute atomic E-state index is 14.7. The number of hydrogen-bond donors (Lipinski definition) is 1. The van der Waals surface area contributed by atoms with Crippen molar-refractivity contribution < 1.29 is 29.0 Å². The molecule has 3 aromatic rings. The lowest BCUT2D eigenvalue weighted by Crippen LogP contribution is -2.56. The van der Waals surface area contributed by atoms with E-state index in [4.69, 9.17) is 9.47 Å². The van der Waals surface area contributed by atoms with Crippen molar-refractivity contribution in [3.8, 4) is 0 Å². The minimum Gasteiger partial charge on any atom is -0.461 e. The minimum absolute atomic E-state index is 0.101.